The van der Waals surface area contributed by atoms with Crippen LogP contribution in [-0.2, 0) is 0 Å². The van der Waals surface area contributed by atoms with Gasteiger partial charge in [-0.15, -0.1) is 0 Å². The summed E-state index contributed by atoms with van der Waals surface area (Å²) >= 11 is 5.64. The Morgan fingerprint density at radius 2 is 2.12 bits per heavy atom. The van der Waals surface area contributed by atoms with E-state index in [1.807, 2.05) is 13.0 Å². The Bertz CT molecular complexity index is 501. The standard InChI is InChI=1S/C12H11ClFN3/c1-8(9-3-2-4-10(14)5-9)17-12-7-15-11(13)6-16-12/h2-8H,1H3,(H,16,17). The number of hydrogen-bond acceptors (Lipinski definition) is 3. The summed E-state index contributed by atoms with van der Waals surface area (Å²) in [5, 5.41) is 3.46. The second-order valence-electron chi connectivity index (χ2n) is 3.65. The van der Waals surface area contributed by atoms with E-state index in [9.17, 15) is 4.39 Å². The van der Waals surface area contributed by atoms with Crippen molar-refractivity contribution in [2.24, 2.45) is 0 Å². The van der Waals surface area contributed by atoms with Crippen molar-refractivity contribution in [2.75, 3.05) is 5.32 Å². The largest absolute Gasteiger partial charge is 0.362 e. The van der Waals surface area contributed by atoms with Crippen LogP contribution in [0.25, 0.3) is 0 Å². The van der Waals surface area contributed by atoms with E-state index in [0.29, 0.717) is 11.0 Å². The molecule has 1 atom stereocenters. The first-order valence-corrected chi connectivity index (χ1v) is 5.52. The maximum atomic E-state index is 13.0. The number of nitrogens with zero attached hydrogens (tertiary/aromatic N) is 2. The van der Waals surface area contributed by atoms with Gasteiger partial charge in [0.05, 0.1) is 18.4 Å². The molecule has 0 aliphatic carbocycles. The fourth-order valence-electron chi connectivity index (χ4n) is 1.47. The minimum atomic E-state index is -0.252. The van der Waals surface area contributed by atoms with Crippen LogP contribution in [0.2, 0.25) is 5.15 Å². The number of benzene rings is 1. The zero-order valence-electron chi connectivity index (χ0n) is 9.19. The van der Waals surface area contributed by atoms with Crippen LogP contribution in [0.4, 0.5) is 10.2 Å². The van der Waals surface area contributed by atoms with Crippen molar-refractivity contribution in [3.63, 3.8) is 0 Å². The van der Waals surface area contributed by atoms with Gasteiger partial charge in [-0.05, 0) is 24.6 Å². The average molecular weight is 252 g/mol. The molecule has 1 heterocycles. The highest BCUT2D eigenvalue weighted by atomic mass is 35.5. The van der Waals surface area contributed by atoms with Gasteiger partial charge in [-0.1, -0.05) is 23.7 Å². The van der Waals surface area contributed by atoms with Crippen molar-refractivity contribution < 1.29 is 4.39 Å². The molecular weight excluding hydrogens is 241 g/mol. The van der Waals surface area contributed by atoms with Crippen LogP contribution in [0.3, 0.4) is 0 Å². The van der Waals surface area contributed by atoms with Crippen molar-refractivity contribution in [1.29, 1.82) is 0 Å². The first kappa shape index (κ1) is 11.8. The second kappa shape index (κ2) is 5.10. The SMILES string of the molecule is CC(Nc1cnc(Cl)cn1)c1cccc(F)c1. The van der Waals surface area contributed by atoms with Crippen molar-refractivity contribution in [2.45, 2.75) is 13.0 Å². The van der Waals surface area contributed by atoms with Crippen molar-refractivity contribution in [3.8, 4) is 0 Å². The molecule has 2 aromatic rings. The van der Waals surface area contributed by atoms with Crippen LogP contribution in [0.1, 0.15) is 18.5 Å². The molecule has 0 fully saturated rings. The van der Waals surface area contributed by atoms with Gasteiger partial charge in [-0.25, -0.2) is 14.4 Å². The topological polar surface area (TPSA) is 37.8 Å². The molecule has 0 saturated heterocycles. The molecule has 0 radical (unpaired) electrons. The van der Waals surface area contributed by atoms with Crippen LogP contribution >= 0.6 is 11.6 Å². The molecule has 2 rings (SSSR count). The Morgan fingerprint density at radius 1 is 1.29 bits per heavy atom. The van der Waals surface area contributed by atoms with E-state index >= 15 is 0 Å². The number of anilines is 1. The predicted molar refractivity (Wildman–Crippen MR) is 65.5 cm³/mol. The smallest absolute Gasteiger partial charge is 0.147 e. The number of aromatic nitrogens is 2. The summed E-state index contributed by atoms with van der Waals surface area (Å²) in [6.45, 7) is 1.92. The van der Waals surface area contributed by atoms with Crippen LogP contribution in [0.5, 0.6) is 0 Å². The minimum absolute atomic E-state index is 0.0545. The quantitative estimate of drug-likeness (QED) is 0.908. The Morgan fingerprint density at radius 3 is 2.76 bits per heavy atom. The molecule has 0 bridgehead atoms. The van der Waals surface area contributed by atoms with Crippen LogP contribution in [0, 0.1) is 5.82 Å². The average Bonchev–Trinajstić information content (AvgIpc) is 2.32. The molecular formula is C12H11ClFN3. The third-order valence-corrected chi connectivity index (χ3v) is 2.53. The van der Waals surface area contributed by atoms with E-state index in [4.69, 9.17) is 11.6 Å². The third kappa shape index (κ3) is 3.14. The third-order valence-electron chi connectivity index (χ3n) is 2.33. The molecule has 0 spiro atoms. The van der Waals surface area contributed by atoms with Crippen molar-refractivity contribution in [3.05, 3.63) is 53.2 Å². The van der Waals surface area contributed by atoms with E-state index in [0.717, 1.165) is 5.56 Å². The first-order chi connectivity index (χ1) is 8.15. The van der Waals surface area contributed by atoms with E-state index in [2.05, 4.69) is 15.3 Å². The molecule has 17 heavy (non-hydrogen) atoms. The van der Waals surface area contributed by atoms with Crippen molar-refractivity contribution in [1.82, 2.24) is 9.97 Å². The molecule has 1 aromatic carbocycles. The van der Waals surface area contributed by atoms with Crippen molar-refractivity contribution >= 4 is 17.4 Å². The lowest BCUT2D eigenvalue weighted by atomic mass is 10.1. The molecule has 0 amide bonds. The maximum Gasteiger partial charge on any atom is 0.147 e. The molecule has 3 nitrogen and oxygen atoms in total. The lowest BCUT2D eigenvalue weighted by molar-refractivity contribution is 0.623. The second-order valence-corrected chi connectivity index (χ2v) is 4.03. The summed E-state index contributed by atoms with van der Waals surface area (Å²) in [5.74, 6) is 0.351. The minimum Gasteiger partial charge on any atom is -0.362 e. The summed E-state index contributed by atoms with van der Waals surface area (Å²) < 4.78 is 13.0. The molecule has 1 unspecified atom stereocenters. The molecule has 88 valence electrons. The van der Waals surface area contributed by atoms with Gasteiger partial charge < -0.3 is 5.32 Å². The van der Waals surface area contributed by atoms with Crippen LogP contribution < -0.4 is 5.32 Å². The highest BCUT2D eigenvalue weighted by Gasteiger charge is 2.06. The van der Waals surface area contributed by atoms with Gasteiger partial charge in [0.15, 0.2) is 0 Å². The summed E-state index contributed by atoms with van der Waals surface area (Å²) in [4.78, 5) is 7.98. The summed E-state index contributed by atoms with van der Waals surface area (Å²) in [7, 11) is 0. The molecule has 0 aliphatic rings. The van der Waals surface area contributed by atoms with E-state index in [1.165, 1.54) is 24.5 Å². The van der Waals surface area contributed by atoms with Crippen LogP contribution in [-0.4, -0.2) is 9.97 Å². The molecule has 0 saturated carbocycles. The fourth-order valence-corrected chi connectivity index (χ4v) is 1.57. The van der Waals surface area contributed by atoms with Gasteiger partial charge in [-0.3, -0.25) is 0 Å². The van der Waals surface area contributed by atoms with E-state index in [-0.39, 0.29) is 11.9 Å². The summed E-state index contributed by atoms with van der Waals surface area (Å²) in [6.07, 6.45) is 3.00. The first-order valence-electron chi connectivity index (χ1n) is 5.14. The van der Waals surface area contributed by atoms with E-state index < -0.39 is 0 Å². The molecule has 0 aliphatic heterocycles. The van der Waals surface area contributed by atoms with Crippen LogP contribution in [0.15, 0.2) is 36.7 Å². The predicted octanol–water partition coefficient (Wildman–Crippen LogP) is 3.44. The maximum absolute atomic E-state index is 13.0. The highest BCUT2D eigenvalue weighted by molar-refractivity contribution is 6.29. The Hall–Kier alpha value is -1.68. The lowest BCUT2D eigenvalue weighted by Gasteiger charge is -2.14. The number of nitrogens with one attached hydrogen (secondary N) is 1. The van der Waals surface area contributed by atoms with Gasteiger partial charge in [0.25, 0.3) is 0 Å². The van der Waals surface area contributed by atoms with Gasteiger partial charge >= 0.3 is 0 Å². The van der Waals surface area contributed by atoms with E-state index in [1.54, 1.807) is 6.07 Å². The normalized spacial score (nSPS) is 12.2. The fraction of sp³-hybridized carbons (Fsp3) is 0.167. The summed E-state index contributed by atoms with van der Waals surface area (Å²) in [5.41, 5.74) is 0.849. The molecule has 1 aromatic heterocycles. The number of halogens is 2. The number of rotatable bonds is 3. The van der Waals surface area contributed by atoms with Gasteiger partial charge in [0.1, 0.15) is 16.8 Å². The van der Waals surface area contributed by atoms with Gasteiger partial charge in [0, 0.05) is 0 Å². The monoisotopic (exact) mass is 251 g/mol. The Labute approximate surface area is 104 Å². The zero-order chi connectivity index (χ0) is 12.3. The number of hydrogen-bond donors (Lipinski definition) is 1. The lowest BCUT2D eigenvalue weighted by Crippen LogP contribution is -2.08. The summed E-state index contributed by atoms with van der Waals surface area (Å²) in [6, 6.07) is 6.38. The zero-order valence-corrected chi connectivity index (χ0v) is 9.95. The van der Waals surface area contributed by atoms with Gasteiger partial charge in [-0.2, -0.15) is 0 Å². The highest BCUT2D eigenvalue weighted by Crippen LogP contribution is 2.18. The Balaban J connectivity index is 2.11. The molecule has 5 heteroatoms. The Kier molecular flexibility index (Phi) is 3.54. The van der Waals surface area contributed by atoms with Gasteiger partial charge in [0.2, 0.25) is 0 Å². The molecule has 1 N–H and O–H groups in total.